The number of esters is 5. The lowest BCUT2D eigenvalue weighted by Gasteiger charge is -2.50. The van der Waals surface area contributed by atoms with Crippen LogP contribution in [-0.2, 0) is 124 Å². The lowest BCUT2D eigenvalue weighted by molar-refractivity contribution is -0.334. The third kappa shape index (κ3) is 24.5. The van der Waals surface area contributed by atoms with E-state index in [1.807, 2.05) is 0 Å². The third-order valence-corrected chi connectivity index (χ3v) is 17.3. The molecule has 578 valence electrons. The molecule has 5 fully saturated rings. The lowest BCUT2D eigenvalue weighted by Crippen LogP contribution is -2.71. The summed E-state index contributed by atoms with van der Waals surface area (Å²) in [6, 6.07) is -13.4. The summed E-state index contributed by atoms with van der Waals surface area (Å²) in [7, 11) is 2.99. The summed E-state index contributed by atoms with van der Waals surface area (Å²) in [5.74, 6) is -13.1. The number of nitrogens with zero attached hydrogens (tertiary/aromatic N) is 3. The second-order valence-corrected chi connectivity index (χ2v) is 26.7. The minimum Gasteiger partial charge on any atom is -0.463 e. The standard InChI is InChI=1S/C65H102N12O26/c1-30(55(86)67-16)69-58(89)43-21-18-24-76(43)62(93)44-22-19-25-77(44)61(92)32(3)70-59(90)48(74-56(87)41(27-96-65(12,13)14)73-47(85)26-68-57(88)42-20-17-23-75(42)60(91)31(2)66-15)33(4)97-63-50(72-35(6)79)54(52(99-39(10)83)46(101-63)29-95-37(8)81)103-64-49(71-34(5)78)53(100-40(11)84)51(98-38(9)82)45(102-64)28-94-36(7)80/h30-33,41-46,48-54,63-64,66H,17-29H2,1-16H3,(H,67,86)(H,68,88)(H,69,89)(H,70,90)(H,71,78)(H,72,79)(H,73,85)(H,74,87)/t30?,31?,32?,33?,41?,42?,43?,44?,45?,46?,48?,49-,50-,51+,52-,53?,54?,63-,64-/m0/s1. The highest BCUT2D eigenvalue weighted by molar-refractivity contribution is 5.98. The highest BCUT2D eigenvalue weighted by atomic mass is 16.7. The van der Waals surface area contributed by atoms with Crippen LogP contribution in [0.2, 0.25) is 0 Å². The maximum atomic E-state index is 15.3. The second kappa shape index (κ2) is 38.7. The van der Waals surface area contributed by atoms with Crippen molar-refractivity contribution in [3.05, 3.63) is 0 Å². The van der Waals surface area contributed by atoms with E-state index in [-0.39, 0.29) is 38.4 Å². The van der Waals surface area contributed by atoms with Gasteiger partial charge >= 0.3 is 29.8 Å². The van der Waals surface area contributed by atoms with E-state index in [0.717, 1.165) is 48.5 Å². The van der Waals surface area contributed by atoms with Crippen molar-refractivity contribution in [3.63, 3.8) is 0 Å². The molecule has 5 aliphatic rings. The summed E-state index contributed by atoms with van der Waals surface area (Å²) in [6.45, 7) is 15.3. The molecule has 0 aromatic heterocycles. The molecule has 0 aromatic rings. The van der Waals surface area contributed by atoms with Gasteiger partial charge in [0.05, 0.1) is 30.9 Å². The van der Waals surface area contributed by atoms with Gasteiger partial charge in [-0.05, 0) is 94.0 Å². The molecule has 0 bridgehead atoms. The first-order chi connectivity index (χ1) is 48.3. The normalized spacial score (nSPS) is 26.4. The van der Waals surface area contributed by atoms with E-state index in [0.29, 0.717) is 25.7 Å². The molecule has 5 saturated heterocycles. The van der Waals surface area contributed by atoms with Crippen LogP contribution in [0.25, 0.3) is 0 Å². The summed E-state index contributed by atoms with van der Waals surface area (Å²) < 4.78 is 59.8. The molecule has 0 aliphatic carbocycles. The Morgan fingerprint density at radius 3 is 1.49 bits per heavy atom. The molecule has 38 heteroatoms. The Bertz CT molecular complexity index is 3120. The summed E-state index contributed by atoms with van der Waals surface area (Å²) in [5, 5.41) is 23.3. The Balaban J connectivity index is 1.61. The number of ether oxygens (including phenoxy) is 10. The first kappa shape index (κ1) is 84.9. The SMILES string of the molecule is CNC(=O)C(C)NC(=O)C1CCCN1C(=O)C1CCCN1C(=O)C(C)NC(=O)C(NC(=O)C(COC(C)(C)C)NC(=O)CNC(=O)C1CCCN1C(=O)C(C)NC)C(C)O[C@H]1OC(COC(C)=O)[C@H](OC(C)=O)C(O[C@@H]2OC(COC(C)=O)[C@@H](OC(C)=O)C(OC(C)=O)[C@@H]2NC(C)=O)[C@@H]1NC(C)=O. The molecule has 5 aliphatic heterocycles. The number of rotatable bonds is 31. The Morgan fingerprint density at radius 1 is 0.505 bits per heavy atom. The van der Waals surface area contributed by atoms with Crippen LogP contribution in [0.4, 0.5) is 0 Å². The monoisotopic (exact) mass is 1470 g/mol. The number of nitrogens with one attached hydrogen (secondary N) is 9. The minimum absolute atomic E-state index is 0.0207. The van der Waals surface area contributed by atoms with Crippen LogP contribution in [0, 0.1) is 0 Å². The van der Waals surface area contributed by atoms with Gasteiger partial charge in [-0.25, -0.2) is 0 Å². The fourth-order valence-corrected chi connectivity index (χ4v) is 12.4. The van der Waals surface area contributed by atoms with E-state index < -0.39 is 237 Å². The molecule has 9 N–H and O–H groups in total. The van der Waals surface area contributed by atoms with Crippen molar-refractivity contribution in [1.29, 1.82) is 0 Å². The highest BCUT2D eigenvalue weighted by Crippen LogP contribution is 2.35. The Labute approximate surface area is 596 Å². The quantitative estimate of drug-likeness (QED) is 0.0233. The van der Waals surface area contributed by atoms with Gasteiger partial charge in [0.25, 0.3) is 0 Å². The summed E-state index contributed by atoms with van der Waals surface area (Å²) in [6.07, 6.45) is -14.2. The summed E-state index contributed by atoms with van der Waals surface area (Å²) in [4.78, 5) is 221. The predicted molar refractivity (Wildman–Crippen MR) is 352 cm³/mol. The van der Waals surface area contributed by atoms with Gasteiger partial charge < -0.3 is 110 Å². The van der Waals surface area contributed by atoms with E-state index >= 15 is 9.59 Å². The Kier molecular flexibility index (Phi) is 31.9. The van der Waals surface area contributed by atoms with Crippen molar-refractivity contribution in [2.45, 2.75) is 257 Å². The molecular weight excluding hydrogens is 1360 g/mol. The zero-order chi connectivity index (χ0) is 77.1. The molecule has 11 amide bonds. The van der Waals surface area contributed by atoms with E-state index in [9.17, 15) is 67.1 Å². The molecule has 19 atom stereocenters. The zero-order valence-electron chi connectivity index (χ0n) is 61.1. The molecule has 0 radical (unpaired) electrons. The van der Waals surface area contributed by atoms with Crippen molar-refractivity contribution >= 4 is 94.8 Å². The van der Waals surface area contributed by atoms with Crippen molar-refractivity contribution < 1.29 is 124 Å². The number of carbonyl (C=O) groups excluding carboxylic acids is 16. The largest absolute Gasteiger partial charge is 0.463 e. The third-order valence-electron chi connectivity index (χ3n) is 17.3. The molecule has 5 heterocycles. The Hall–Kier alpha value is -8.72. The van der Waals surface area contributed by atoms with Crippen molar-refractivity contribution in [3.8, 4) is 0 Å². The van der Waals surface area contributed by atoms with Crippen LogP contribution in [0.1, 0.15) is 135 Å². The first-order valence-corrected chi connectivity index (χ1v) is 34.1. The molecule has 38 nitrogen and oxygen atoms in total. The van der Waals surface area contributed by atoms with Crippen LogP contribution in [-0.4, -0.2) is 291 Å². The smallest absolute Gasteiger partial charge is 0.303 e. The molecule has 5 rings (SSSR count). The van der Waals surface area contributed by atoms with Crippen LogP contribution in [0.15, 0.2) is 0 Å². The zero-order valence-corrected chi connectivity index (χ0v) is 61.1. The van der Waals surface area contributed by atoms with Crippen LogP contribution >= 0.6 is 0 Å². The maximum absolute atomic E-state index is 15.3. The number of likely N-dealkylation sites (N-methyl/N-ethyl adjacent to an activating group) is 2. The number of hydrogen-bond donors (Lipinski definition) is 9. The maximum Gasteiger partial charge on any atom is 0.303 e. The molecular formula is C65H102N12O26. The van der Waals surface area contributed by atoms with E-state index in [1.165, 1.54) is 42.5 Å². The predicted octanol–water partition coefficient (Wildman–Crippen LogP) is -4.61. The van der Waals surface area contributed by atoms with E-state index in [2.05, 4.69) is 47.9 Å². The van der Waals surface area contributed by atoms with Crippen molar-refractivity contribution in [1.82, 2.24) is 62.6 Å². The van der Waals surface area contributed by atoms with Crippen molar-refractivity contribution in [2.75, 3.05) is 60.1 Å². The van der Waals surface area contributed by atoms with E-state index in [1.54, 1.807) is 34.7 Å². The van der Waals surface area contributed by atoms with Crippen LogP contribution in [0.3, 0.4) is 0 Å². The van der Waals surface area contributed by atoms with Crippen LogP contribution < -0.4 is 47.9 Å². The number of carbonyl (C=O) groups is 16. The van der Waals surface area contributed by atoms with Gasteiger partial charge in [-0.2, -0.15) is 0 Å². The minimum atomic E-state index is -2.03. The topological polar surface area (TPSA) is 483 Å². The van der Waals surface area contributed by atoms with Crippen molar-refractivity contribution in [2.24, 2.45) is 0 Å². The molecule has 0 saturated carbocycles. The van der Waals surface area contributed by atoms with Gasteiger partial charge in [0.2, 0.25) is 65.0 Å². The molecule has 13 unspecified atom stereocenters. The average Bonchev–Trinajstić information content (AvgIpc) is 1.61. The molecule has 103 heavy (non-hydrogen) atoms. The van der Waals surface area contributed by atoms with Gasteiger partial charge in [0, 0.05) is 75.1 Å². The Morgan fingerprint density at radius 2 is 0.981 bits per heavy atom. The van der Waals surface area contributed by atoms with E-state index in [4.69, 9.17) is 47.4 Å². The highest BCUT2D eigenvalue weighted by Gasteiger charge is 2.57. The molecule has 0 aromatic carbocycles. The molecule has 0 spiro atoms. The lowest BCUT2D eigenvalue weighted by atomic mass is 9.93. The fourth-order valence-electron chi connectivity index (χ4n) is 12.4. The first-order valence-electron chi connectivity index (χ1n) is 34.1. The fraction of sp³-hybridized carbons (Fsp3) is 0.754. The number of likely N-dealkylation sites (tertiary alicyclic amines) is 3. The number of amides is 11. The second-order valence-electron chi connectivity index (χ2n) is 26.7. The van der Waals surface area contributed by atoms with Crippen LogP contribution in [0.5, 0.6) is 0 Å². The summed E-state index contributed by atoms with van der Waals surface area (Å²) in [5.41, 5.74) is -0.993. The van der Waals surface area contributed by atoms with Gasteiger partial charge in [-0.1, -0.05) is 0 Å². The average molecular weight is 1470 g/mol. The van der Waals surface area contributed by atoms with Gasteiger partial charge in [-0.3, -0.25) is 76.7 Å². The van der Waals surface area contributed by atoms with Gasteiger partial charge in [0.15, 0.2) is 30.9 Å². The van der Waals surface area contributed by atoms with Gasteiger partial charge in [-0.15, -0.1) is 0 Å². The summed E-state index contributed by atoms with van der Waals surface area (Å²) >= 11 is 0. The number of hydrogen-bond acceptors (Lipinski definition) is 27. The van der Waals surface area contributed by atoms with Gasteiger partial charge in [0.1, 0.15) is 85.9 Å².